The fraction of sp³-hybridized carbons (Fsp3) is 0.111. The van der Waals surface area contributed by atoms with Crippen LogP contribution in [0.3, 0.4) is 0 Å². The normalized spacial score (nSPS) is 12.1. The number of nitro benzene ring substituents is 1. The summed E-state index contributed by atoms with van der Waals surface area (Å²) < 4.78 is 0. The summed E-state index contributed by atoms with van der Waals surface area (Å²) in [5.74, 6) is 0. The topological polar surface area (TPSA) is 63.4 Å². The molecule has 0 aliphatic carbocycles. The Labute approximate surface area is 75.3 Å². The summed E-state index contributed by atoms with van der Waals surface area (Å²) in [6, 6.07) is 6.04. The number of nitro groups is 1. The molecule has 0 heterocycles. The number of hydrogen-bond donors (Lipinski definition) is 1. The lowest BCUT2D eigenvalue weighted by molar-refractivity contribution is -0.386. The zero-order valence-electron chi connectivity index (χ0n) is 6.88. The Bertz CT molecular complexity index is 335. The SMILES string of the molecule is C=CC(O)c1ccccc1[N+](=O)[O-]. The third kappa shape index (κ3) is 1.91. The third-order valence-electron chi connectivity index (χ3n) is 1.68. The number of benzene rings is 1. The molecule has 1 rings (SSSR count). The first-order valence-corrected chi connectivity index (χ1v) is 3.70. The Morgan fingerprint density at radius 2 is 2.15 bits per heavy atom. The van der Waals surface area contributed by atoms with E-state index < -0.39 is 11.0 Å². The molecule has 1 aromatic rings. The standard InChI is InChI=1S/C9H9NO3/c1-2-9(11)7-5-3-4-6-8(7)10(12)13/h2-6,9,11H,1H2. The van der Waals surface area contributed by atoms with Gasteiger partial charge in [0.2, 0.25) is 0 Å². The largest absolute Gasteiger partial charge is 0.384 e. The molecule has 1 unspecified atom stereocenters. The van der Waals surface area contributed by atoms with Crippen molar-refractivity contribution in [1.29, 1.82) is 0 Å². The van der Waals surface area contributed by atoms with Crippen LogP contribution in [0.1, 0.15) is 11.7 Å². The fourth-order valence-electron chi connectivity index (χ4n) is 1.03. The van der Waals surface area contributed by atoms with Crippen LogP contribution in [0, 0.1) is 10.1 Å². The maximum absolute atomic E-state index is 10.5. The molecule has 1 aromatic carbocycles. The van der Waals surface area contributed by atoms with E-state index in [-0.39, 0.29) is 11.3 Å². The molecule has 1 N–H and O–H groups in total. The van der Waals surface area contributed by atoms with E-state index in [4.69, 9.17) is 0 Å². The molecule has 0 radical (unpaired) electrons. The van der Waals surface area contributed by atoms with Crippen LogP contribution in [0.4, 0.5) is 5.69 Å². The quantitative estimate of drug-likeness (QED) is 0.437. The van der Waals surface area contributed by atoms with Crippen molar-refractivity contribution in [1.82, 2.24) is 0 Å². The molecule has 0 amide bonds. The van der Waals surface area contributed by atoms with Crippen LogP contribution in [-0.4, -0.2) is 10.0 Å². The maximum atomic E-state index is 10.5. The summed E-state index contributed by atoms with van der Waals surface area (Å²) in [5.41, 5.74) is 0.178. The van der Waals surface area contributed by atoms with Gasteiger partial charge in [0, 0.05) is 6.07 Å². The first kappa shape index (κ1) is 9.41. The number of nitrogens with zero attached hydrogens (tertiary/aromatic N) is 1. The summed E-state index contributed by atoms with van der Waals surface area (Å²) in [6.07, 6.45) is 0.268. The first-order valence-electron chi connectivity index (χ1n) is 3.70. The predicted molar refractivity (Wildman–Crippen MR) is 48.3 cm³/mol. The van der Waals surface area contributed by atoms with Gasteiger partial charge in [0.05, 0.1) is 10.5 Å². The van der Waals surface area contributed by atoms with Crippen molar-refractivity contribution in [2.75, 3.05) is 0 Å². The molecule has 68 valence electrons. The van der Waals surface area contributed by atoms with Crippen LogP contribution in [0.15, 0.2) is 36.9 Å². The van der Waals surface area contributed by atoms with E-state index >= 15 is 0 Å². The van der Waals surface area contributed by atoms with Crippen LogP contribution < -0.4 is 0 Å². The molecule has 0 aliphatic rings. The molecule has 0 aromatic heterocycles. The molecule has 0 fully saturated rings. The van der Waals surface area contributed by atoms with E-state index in [0.717, 1.165) is 0 Å². The van der Waals surface area contributed by atoms with E-state index in [1.165, 1.54) is 18.2 Å². The van der Waals surface area contributed by atoms with Crippen LogP contribution in [0.5, 0.6) is 0 Å². The summed E-state index contributed by atoms with van der Waals surface area (Å²) in [6.45, 7) is 3.36. The zero-order valence-corrected chi connectivity index (χ0v) is 6.88. The van der Waals surface area contributed by atoms with Crippen LogP contribution in [0.2, 0.25) is 0 Å². The molecular weight excluding hydrogens is 170 g/mol. The van der Waals surface area contributed by atoms with Crippen molar-refractivity contribution in [3.05, 3.63) is 52.6 Å². The van der Waals surface area contributed by atoms with E-state index in [2.05, 4.69) is 6.58 Å². The Hall–Kier alpha value is -1.68. The van der Waals surface area contributed by atoms with Crippen LogP contribution in [-0.2, 0) is 0 Å². The number of aliphatic hydroxyl groups is 1. The van der Waals surface area contributed by atoms with Crippen molar-refractivity contribution in [2.45, 2.75) is 6.10 Å². The van der Waals surface area contributed by atoms with Crippen molar-refractivity contribution in [3.8, 4) is 0 Å². The third-order valence-corrected chi connectivity index (χ3v) is 1.68. The van der Waals surface area contributed by atoms with Gasteiger partial charge in [-0.05, 0) is 6.07 Å². The summed E-state index contributed by atoms with van der Waals surface area (Å²) in [5, 5.41) is 19.8. The molecule has 0 bridgehead atoms. The molecule has 0 saturated carbocycles. The van der Waals surface area contributed by atoms with Crippen LogP contribution >= 0.6 is 0 Å². The van der Waals surface area contributed by atoms with E-state index in [1.807, 2.05) is 0 Å². The minimum absolute atomic E-state index is 0.0881. The van der Waals surface area contributed by atoms with Crippen LogP contribution in [0.25, 0.3) is 0 Å². The number of rotatable bonds is 3. The van der Waals surface area contributed by atoms with Gasteiger partial charge in [-0.25, -0.2) is 0 Å². The summed E-state index contributed by atoms with van der Waals surface area (Å²) in [7, 11) is 0. The van der Waals surface area contributed by atoms with Gasteiger partial charge in [0.15, 0.2) is 0 Å². The van der Waals surface area contributed by atoms with E-state index in [9.17, 15) is 15.2 Å². The fourth-order valence-corrected chi connectivity index (χ4v) is 1.03. The number of aliphatic hydroxyl groups excluding tert-OH is 1. The number of hydrogen-bond acceptors (Lipinski definition) is 3. The monoisotopic (exact) mass is 179 g/mol. The predicted octanol–water partition coefficient (Wildman–Crippen LogP) is 1.81. The zero-order chi connectivity index (χ0) is 9.84. The Balaban J connectivity index is 3.19. The van der Waals surface area contributed by atoms with Crippen molar-refractivity contribution >= 4 is 5.69 Å². The second-order valence-electron chi connectivity index (χ2n) is 2.50. The highest BCUT2D eigenvalue weighted by Crippen LogP contribution is 2.24. The van der Waals surface area contributed by atoms with Crippen molar-refractivity contribution in [2.24, 2.45) is 0 Å². The Kier molecular flexibility index (Phi) is 2.76. The van der Waals surface area contributed by atoms with Gasteiger partial charge in [0.1, 0.15) is 6.10 Å². The summed E-state index contributed by atoms with van der Waals surface area (Å²) in [4.78, 5) is 9.98. The minimum Gasteiger partial charge on any atom is -0.384 e. The van der Waals surface area contributed by atoms with Gasteiger partial charge in [-0.2, -0.15) is 0 Å². The Morgan fingerprint density at radius 3 is 2.69 bits per heavy atom. The van der Waals surface area contributed by atoms with Crippen molar-refractivity contribution in [3.63, 3.8) is 0 Å². The summed E-state index contributed by atoms with van der Waals surface area (Å²) >= 11 is 0. The molecule has 0 spiro atoms. The molecule has 0 aliphatic heterocycles. The minimum atomic E-state index is -0.985. The molecule has 13 heavy (non-hydrogen) atoms. The van der Waals surface area contributed by atoms with Crippen molar-refractivity contribution < 1.29 is 10.0 Å². The highest BCUT2D eigenvalue weighted by atomic mass is 16.6. The lowest BCUT2D eigenvalue weighted by atomic mass is 10.1. The molecule has 0 saturated heterocycles. The van der Waals surface area contributed by atoms with Gasteiger partial charge in [-0.15, -0.1) is 6.58 Å². The second kappa shape index (κ2) is 3.82. The van der Waals surface area contributed by atoms with Gasteiger partial charge >= 0.3 is 0 Å². The molecule has 4 heteroatoms. The van der Waals surface area contributed by atoms with E-state index in [0.29, 0.717) is 0 Å². The number of para-hydroxylation sites is 1. The second-order valence-corrected chi connectivity index (χ2v) is 2.50. The average Bonchev–Trinajstić information content (AvgIpc) is 2.16. The lowest BCUT2D eigenvalue weighted by Crippen LogP contribution is -1.99. The molecule has 1 atom stereocenters. The highest BCUT2D eigenvalue weighted by molar-refractivity contribution is 5.42. The van der Waals surface area contributed by atoms with Gasteiger partial charge in [-0.3, -0.25) is 10.1 Å². The van der Waals surface area contributed by atoms with Gasteiger partial charge in [0.25, 0.3) is 5.69 Å². The highest BCUT2D eigenvalue weighted by Gasteiger charge is 2.16. The smallest absolute Gasteiger partial charge is 0.275 e. The lowest BCUT2D eigenvalue weighted by Gasteiger charge is -2.04. The molecule has 4 nitrogen and oxygen atoms in total. The van der Waals surface area contributed by atoms with Gasteiger partial charge < -0.3 is 5.11 Å². The maximum Gasteiger partial charge on any atom is 0.275 e. The molecular formula is C9H9NO3. The Morgan fingerprint density at radius 1 is 1.54 bits per heavy atom. The van der Waals surface area contributed by atoms with Gasteiger partial charge in [-0.1, -0.05) is 18.2 Å². The van der Waals surface area contributed by atoms with E-state index in [1.54, 1.807) is 12.1 Å². The average molecular weight is 179 g/mol. The first-order chi connectivity index (χ1) is 6.16.